The van der Waals surface area contributed by atoms with Crippen LogP contribution >= 0.6 is 27.3 Å². The van der Waals surface area contributed by atoms with E-state index in [1.54, 1.807) is 11.3 Å². The van der Waals surface area contributed by atoms with Crippen molar-refractivity contribution in [2.24, 2.45) is 5.92 Å². The average Bonchev–Trinajstić information content (AvgIpc) is 2.73. The van der Waals surface area contributed by atoms with Crippen molar-refractivity contribution in [3.8, 4) is 0 Å². The number of hydrogen-bond donors (Lipinski definition) is 2. The largest absolute Gasteiger partial charge is 0.351 e. The second-order valence-corrected chi connectivity index (χ2v) is 5.81. The number of piperidine rings is 1. The minimum absolute atomic E-state index is 0.146. The summed E-state index contributed by atoms with van der Waals surface area (Å²) in [6.45, 7) is 2.49. The third-order valence-electron chi connectivity index (χ3n) is 2.78. The van der Waals surface area contributed by atoms with Crippen molar-refractivity contribution in [1.29, 1.82) is 0 Å². The van der Waals surface area contributed by atoms with E-state index >= 15 is 0 Å². The first-order chi connectivity index (χ1) is 7.77. The second kappa shape index (κ2) is 5.80. The van der Waals surface area contributed by atoms with Gasteiger partial charge in [-0.25, -0.2) is 0 Å². The second-order valence-electron chi connectivity index (χ2n) is 3.95. The fraction of sp³-hybridized carbons (Fsp3) is 0.545. The van der Waals surface area contributed by atoms with Crippen LogP contribution in [0.3, 0.4) is 0 Å². The zero-order valence-corrected chi connectivity index (χ0v) is 11.4. The third kappa shape index (κ3) is 3.06. The molecule has 2 N–H and O–H groups in total. The summed E-state index contributed by atoms with van der Waals surface area (Å²) in [4.78, 5) is 13.0. The van der Waals surface area contributed by atoms with Crippen molar-refractivity contribution in [2.75, 3.05) is 13.1 Å². The van der Waals surface area contributed by atoms with Gasteiger partial charge in [0, 0.05) is 15.9 Å². The smallest absolute Gasteiger partial charge is 0.224 e. The van der Waals surface area contributed by atoms with Crippen LogP contribution in [-0.4, -0.2) is 19.0 Å². The molecule has 1 aliphatic heterocycles. The summed E-state index contributed by atoms with van der Waals surface area (Å²) in [6.07, 6.45) is 2.10. The summed E-state index contributed by atoms with van der Waals surface area (Å²) in [5.41, 5.74) is 0. The van der Waals surface area contributed by atoms with Gasteiger partial charge in [0.25, 0.3) is 0 Å². The van der Waals surface area contributed by atoms with Crippen molar-refractivity contribution < 1.29 is 4.79 Å². The maximum atomic E-state index is 11.8. The van der Waals surface area contributed by atoms with Gasteiger partial charge in [-0.3, -0.25) is 4.79 Å². The van der Waals surface area contributed by atoms with E-state index < -0.39 is 0 Å². The number of hydrogen-bond acceptors (Lipinski definition) is 3. The van der Waals surface area contributed by atoms with Gasteiger partial charge in [0.2, 0.25) is 5.91 Å². The highest BCUT2D eigenvalue weighted by molar-refractivity contribution is 9.10. The summed E-state index contributed by atoms with van der Waals surface area (Å²) in [7, 11) is 0. The molecule has 1 atom stereocenters. The summed E-state index contributed by atoms with van der Waals surface area (Å²) < 4.78 is 1.08. The summed E-state index contributed by atoms with van der Waals surface area (Å²) in [5, 5.41) is 8.27. The lowest BCUT2D eigenvalue weighted by Crippen LogP contribution is -2.40. The number of carbonyl (C=O) groups excluding carboxylic acids is 1. The highest BCUT2D eigenvalue weighted by atomic mass is 79.9. The molecule has 3 nitrogen and oxygen atoms in total. The van der Waals surface area contributed by atoms with E-state index in [4.69, 9.17) is 0 Å². The van der Waals surface area contributed by atoms with Gasteiger partial charge in [0.05, 0.1) is 12.5 Å². The third-order valence-corrected chi connectivity index (χ3v) is 4.71. The first-order valence-corrected chi connectivity index (χ1v) is 7.15. The lowest BCUT2D eigenvalue weighted by atomic mass is 9.99. The first kappa shape index (κ1) is 12.1. The molecule has 0 spiro atoms. The number of rotatable bonds is 3. The molecule has 0 unspecified atom stereocenters. The van der Waals surface area contributed by atoms with Crippen LogP contribution < -0.4 is 10.6 Å². The number of carbonyl (C=O) groups is 1. The molecule has 0 radical (unpaired) electrons. The standard InChI is InChI=1S/C11H15BrN2OS/c12-9-3-5-16-10(9)7-14-11(15)8-2-1-4-13-6-8/h3,5,8,13H,1-2,4,6-7H2,(H,14,15)/t8-/m1/s1. The zero-order chi connectivity index (χ0) is 11.4. The molecule has 1 fully saturated rings. The number of nitrogens with one attached hydrogen (secondary N) is 2. The van der Waals surface area contributed by atoms with Crippen LogP contribution in [0.4, 0.5) is 0 Å². The minimum Gasteiger partial charge on any atom is -0.351 e. The molecule has 2 heterocycles. The lowest BCUT2D eigenvalue weighted by molar-refractivity contribution is -0.125. The predicted octanol–water partition coefficient (Wildman–Crippen LogP) is 2.13. The van der Waals surface area contributed by atoms with Crippen LogP contribution in [0, 0.1) is 5.92 Å². The van der Waals surface area contributed by atoms with Crippen molar-refractivity contribution in [3.05, 3.63) is 20.8 Å². The number of thiophene rings is 1. The number of amides is 1. The van der Waals surface area contributed by atoms with E-state index in [0.29, 0.717) is 6.54 Å². The van der Waals surface area contributed by atoms with Crippen molar-refractivity contribution in [3.63, 3.8) is 0 Å². The fourth-order valence-corrected chi connectivity index (χ4v) is 3.27. The molecule has 0 aliphatic carbocycles. The SMILES string of the molecule is O=C(NCc1sccc1Br)[C@@H]1CCCNC1. The Labute approximate surface area is 108 Å². The molecule has 0 aromatic carbocycles. The Morgan fingerprint density at radius 2 is 2.56 bits per heavy atom. The van der Waals surface area contributed by atoms with Crippen molar-refractivity contribution in [1.82, 2.24) is 10.6 Å². The van der Waals surface area contributed by atoms with Gasteiger partial charge in [-0.2, -0.15) is 0 Å². The molecule has 16 heavy (non-hydrogen) atoms. The zero-order valence-electron chi connectivity index (χ0n) is 8.96. The fourth-order valence-electron chi connectivity index (χ4n) is 1.84. The molecular formula is C11H15BrN2OS. The Balaban J connectivity index is 1.81. The van der Waals surface area contributed by atoms with Gasteiger partial charge >= 0.3 is 0 Å². The molecule has 1 amide bonds. The summed E-state index contributed by atoms with van der Waals surface area (Å²) in [5.74, 6) is 0.319. The van der Waals surface area contributed by atoms with Crippen LogP contribution in [0.5, 0.6) is 0 Å². The van der Waals surface area contributed by atoms with Gasteiger partial charge < -0.3 is 10.6 Å². The van der Waals surface area contributed by atoms with Gasteiger partial charge in [-0.15, -0.1) is 11.3 Å². The molecule has 88 valence electrons. The molecule has 0 bridgehead atoms. The number of halogens is 1. The summed E-state index contributed by atoms with van der Waals surface area (Å²) >= 11 is 5.12. The first-order valence-electron chi connectivity index (χ1n) is 5.47. The molecule has 5 heteroatoms. The monoisotopic (exact) mass is 302 g/mol. The van der Waals surface area contributed by atoms with Crippen LogP contribution in [0.25, 0.3) is 0 Å². The Bertz CT molecular complexity index is 361. The molecule has 1 aliphatic rings. The van der Waals surface area contributed by atoms with Crippen LogP contribution in [0.15, 0.2) is 15.9 Å². The van der Waals surface area contributed by atoms with Crippen LogP contribution in [0.1, 0.15) is 17.7 Å². The summed E-state index contributed by atoms with van der Waals surface area (Å²) in [6, 6.07) is 2.01. The van der Waals surface area contributed by atoms with Gasteiger partial charge in [0.15, 0.2) is 0 Å². The van der Waals surface area contributed by atoms with Gasteiger partial charge in [-0.05, 0) is 46.8 Å². The van der Waals surface area contributed by atoms with E-state index in [1.165, 1.54) is 4.88 Å². The van der Waals surface area contributed by atoms with Crippen molar-refractivity contribution in [2.45, 2.75) is 19.4 Å². The van der Waals surface area contributed by atoms with Crippen LogP contribution in [-0.2, 0) is 11.3 Å². The maximum absolute atomic E-state index is 11.8. The Kier molecular flexibility index (Phi) is 4.37. The molecule has 0 saturated carbocycles. The Hall–Kier alpha value is -0.390. The van der Waals surface area contributed by atoms with Gasteiger partial charge in [-0.1, -0.05) is 0 Å². The average molecular weight is 303 g/mol. The lowest BCUT2D eigenvalue weighted by Gasteiger charge is -2.21. The van der Waals surface area contributed by atoms with E-state index in [9.17, 15) is 4.79 Å². The normalized spacial score (nSPS) is 20.7. The van der Waals surface area contributed by atoms with E-state index in [1.807, 2.05) is 11.4 Å². The molecule has 1 saturated heterocycles. The van der Waals surface area contributed by atoms with E-state index in [0.717, 1.165) is 30.4 Å². The topological polar surface area (TPSA) is 41.1 Å². The van der Waals surface area contributed by atoms with Crippen molar-refractivity contribution >= 4 is 33.2 Å². The molecule has 2 rings (SSSR count). The molecule has 1 aromatic rings. The molecular weight excluding hydrogens is 288 g/mol. The van der Waals surface area contributed by atoms with Crippen LogP contribution in [0.2, 0.25) is 0 Å². The highest BCUT2D eigenvalue weighted by Crippen LogP contribution is 2.22. The quantitative estimate of drug-likeness (QED) is 0.898. The van der Waals surface area contributed by atoms with Gasteiger partial charge in [0.1, 0.15) is 0 Å². The predicted molar refractivity (Wildman–Crippen MR) is 69.5 cm³/mol. The minimum atomic E-state index is 0.146. The van der Waals surface area contributed by atoms with E-state index in [2.05, 4.69) is 26.6 Å². The highest BCUT2D eigenvalue weighted by Gasteiger charge is 2.20. The van der Waals surface area contributed by atoms with E-state index in [-0.39, 0.29) is 11.8 Å². The Morgan fingerprint density at radius 1 is 1.69 bits per heavy atom. The molecule has 1 aromatic heterocycles. The maximum Gasteiger partial charge on any atom is 0.224 e. The Morgan fingerprint density at radius 3 is 3.19 bits per heavy atom.